The summed E-state index contributed by atoms with van der Waals surface area (Å²) in [6, 6.07) is 22.4. The summed E-state index contributed by atoms with van der Waals surface area (Å²) in [7, 11) is 1.60. The number of halogens is 1. The van der Waals surface area contributed by atoms with Crippen LogP contribution < -0.4 is 10.1 Å². The van der Waals surface area contributed by atoms with Crippen LogP contribution in [0.4, 0.5) is 10.1 Å². The first-order valence-corrected chi connectivity index (χ1v) is 9.02. The molecule has 1 unspecified atom stereocenters. The molecular formula is C25H20CrFNO5. The van der Waals surface area contributed by atoms with E-state index in [0.717, 1.165) is 11.4 Å². The summed E-state index contributed by atoms with van der Waals surface area (Å²) in [6.45, 7) is 13.5. The molecule has 33 heavy (non-hydrogen) atoms. The molecular weight excluding hydrogens is 465 g/mol. The van der Waals surface area contributed by atoms with E-state index < -0.39 is 6.04 Å². The molecule has 3 aromatic carbocycles. The maximum absolute atomic E-state index is 14.3. The number of Topliss-reactive ketones (excluding diaryl/α,β-unsaturated/α-hetero) is 1. The van der Waals surface area contributed by atoms with Crippen LogP contribution in [0.1, 0.15) is 28.4 Å². The van der Waals surface area contributed by atoms with Crippen molar-refractivity contribution in [3.05, 3.63) is 116 Å². The Kier molecular flexibility index (Phi) is 18.6. The van der Waals surface area contributed by atoms with Gasteiger partial charge >= 0.3 is 33.9 Å². The molecule has 8 heteroatoms. The fourth-order valence-corrected chi connectivity index (χ4v) is 2.81. The number of nitrogens with one attached hydrogen (secondary N) is 1. The zero-order valence-corrected chi connectivity index (χ0v) is 18.9. The van der Waals surface area contributed by atoms with E-state index >= 15 is 0 Å². The van der Waals surface area contributed by atoms with Crippen LogP contribution in [0, 0.1) is 25.8 Å². The predicted molar refractivity (Wildman–Crippen MR) is 113 cm³/mol. The van der Waals surface area contributed by atoms with Gasteiger partial charge in [0.2, 0.25) is 0 Å². The standard InChI is InChI=1S/C22H20FNO2.3CO.Cr/c1-26-18-13-11-17(12-14-18)24-21(19-9-5-6-10-20(19)23)15-22(25)16-7-3-2-4-8-16;3*1-2;/h2-14,21,24H,15H2,1H3;;;;. The molecule has 0 aliphatic rings. The summed E-state index contributed by atoms with van der Waals surface area (Å²) < 4.78 is 42.0. The number of carbonyl (C=O) groups excluding carboxylic acids is 1. The summed E-state index contributed by atoms with van der Waals surface area (Å²) in [5.41, 5.74) is 1.87. The molecule has 6 nitrogen and oxygen atoms in total. The first kappa shape index (κ1) is 31.8. The van der Waals surface area contributed by atoms with Crippen molar-refractivity contribution >= 4 is 11.5 Å². The summed E-state index contributed by atoms with van der Waals surface area (Å²) in [4.78, 5) is 12.6. The van der Waals surface area contributed by atoms with Gasteiger partial charge < -0.3 is 10.1 Å². The van der Waals surface area contributed by atoms with E-state index in [4.69, 9.17) is 18.7 Å². The minimum atomic E-state index is -0.475. The van der Waals surface area contributed by atoms with Crippen molar-refractivity contribution in [2.45, 2.75) is 12.5 Å². The van der Waals surface area contributed by atoms with E-state index in [0.29, 0.717) is 11.1 Å². The van der Waals surface area contributed by atoms with Crippen molar-refractivity contribution in [3.63, 3.8) is 0 Å². The van der Waals surface area contributed by atoms with E-state index in [1.165, 1.54) is 6.07 Å². The molecule has 0 saturated heterocycles. The largest absolute Gasteiger partial charge is 0 e. The Labute approximate surface area is 203 Å². The molecule has 0 bridgehead atoms. The molecule has 0 fully saturated rings. The van der Waals surface area contributed by atoms with E-state index in [9.17, 15) is 9.18 Å². The Hall–Kier alpha value is -3.39. The van der Waals surface area contributed by atoms with Gasteiger partial charge in [0.15, 0.2) is 5.78 Å². The van der Waals surface area contributed by atoms with Crippen LogP contribution in [0.15, 0.2) is 78.9 Å². The van der Waals surface area contributed by atoms with E-state index in [1.54, 1.807) is 37.4 Å². The van der Waals surface area contributed by atoms with Crippen molar-refractivity contribution in [3.8, 4) is 5.75 Å². The third-order valence-corrected chi connectivity index (χ3v) is 4.20. The molecule has 1 N–H and O–H groups in total. The SMILES string of the molecule is COc1ccc(NC(CC(=O)c2ccccc2)c2ccccc2F)cc1.[C-]#[O+].[C-]#[O+].[C-]#[O+].[Cr]. The molecule has 0 radical (unpaired) electrons. The van der Waals surface area contributed by atoms with Gasteiger partial charge in [0.05, 0.1) is 13.2 Å². The summed E-state index contributed by atoms with van der Waals surface area (Å²) >= 11 is 0. The molecule has 3 rings (SSSR count). The van der Waals surface area contributed by atoms with Gasteiger partial charge in [0.25, 0.3) is 0 Å². The smallest absolute Gasteiger partial charge is 0 e. The van der Waals surface area contributed by atoms with Gasteiger partial charge in [-0.1, -0.05) is 48.5 Å². The maximum atomic E-state index is 14.3. The Balaban J connectivity index is 0. The zero-order chi connectivity index (χ0) is 24.4. The Morgan fingerprint density at radius 1 is 0.879 bits per heavy atom. The van der Waals surface area contributed by atoms with Gasteiger partial charge in [-0.3, -0.25) is 4.79 Å². The Bertz CT molecular complexity index is 990. The van der Waals surface area contributed by atoms with Crippen LogP contribution in [0.25, 0.3) is 0 Å². The molecule has 0 saturated carbocycles. The molecule has 1 atom stereocenters. The van der Waals surface area contributed by atoms with E-state index in [-0.39, 0.29) is 35.4 Å². The number of benzene rings is 3. The molecule has 3 aromatic rings. The number of hydrogen-bond acceptors (Lipinski definition) is 3. The van der Waals surface area contributed by atoms with Crippen LogP contribution in [0.2, 0.25) is 0 Å². The van der Waals surface area contributed by atoms with Gasteiger partial charge in [-0.05, 0) is 30.3 Å². The number of rotatable bonds is 7. The summed E-state index contributed by atoms with van der Waals surface area (Å²) in [6.07, 6.45) is 0.150. The van der Waals surface area contributed by atoms with Crippen molar-refractivity contribution in [1.29, 1.82) is 0 Å². The topological polar surface area (TPSA) is 98.0 Å². The molecule has 0 spiro atoms. The van der Waals surface area contributed by atoms with E-state index in [1.807, 2.05) is 42.5 Å². The second-order valence-corrected chi connectivity index (χ2v) is 5.94. The predicted octanol–water partition coefficient (Wildman–Crippen LogP) is 5.15. The quantitative estimate of drug-likeness (QED) is 0.285. The second kappa shape index (κ2) is 19.3. The fourth-order valence-electron chi connectivity index (χ4n) is 2.81. The van der Waals surface area contributed by atoms with Gasteiger partial charge in [-0.15, -0.1) is 0 Å². The van der Waals surface area contributed by atoms with Crippen molar-refractivity contribution in [1.82, 2.24) is 0 Å². The van der Waals surface area contributed by atoms with Gasteiger partial charge in [0.1, 0.15) is 11.6 Å². The number of ether oxygens (including phenoxy) is 1. The first-order chi connectivity index (χ1) is 15.7. The average molecular weight is 485 g/mol. The number of methoxy groups -OCH3 is 1. The number of carbonyl (C=O) groups is 1. The Morgan fingerprint density at radius 3 is 1.91 bits per heavy atom. The second-order valence-electron chi connectivity index (χ2n) is 5.94. The summed E-state index contributed by atoms with van der Waals surface area (Å²) in [5.74, 6) is 0.359. The third kappa shape index (κ3) is 10.7. The molecule has 0 aliphatic carbocycles. The summed E-state index contributed by atoms with van der Waals surface area (Å²) in [5, 5.41) is 3.27. The van der Waals surface area contributed by atoms with Crippen LogP contribution in [0.5, 0.6) is 5.75 Å². The molecule has 0 aliphatic heterocycles. The number of anilines is 1. The monoisotopic (exact) mass is 485 g/mol. The minimum Gasteiger partial charge on any atom is 0 e. The van der Waals surface area contributed by atoms with E-state index in [2.05, 4.69) is 25.3 Å². The van der Waals surface area contributed by atoms with Gasteiger partial charge in [0, 0.05) is 40.6 Å². The molecule has 168 valence electrons. The van der Waals surface area contributed by atoms with Crippen molar-refractivity contribution < 1.29 is 45.2 Å². The van der Waals surface area contributed by atoms with Gasteiger partial charge in [-0.2, -0.15) is 0 Å². The number of ketones is 1. The van der Waals surface area contributed by atoms with Crippen LogP contribution in [-0.4, -0.2) is 12.9 Å². The zero-order valence-electron chi connectivity index (χ0n) is 17.6. The van der Waals surface area contributed by atoms with Crippen molar-refractivity contribution in [2.24, 2.45) is 0 Å². The molecule has 0 aromatic heterocycles. The molecule has 0 amide bonds. The van der Waals surface area contributed by atoms with Gasteiger partial charge in [-0.25, -0.2) is 4.39 Å². The van der Waals surface area contributed by atoms with Crippen molar-refractivity contribution in [2.75, 3.05) is 12.4 Å². The minimum absolute atomic E-state index is 0. The average Bonchev–Trinajstić information content (AvgIpc) is 2.88. The molecule has 0 heterocycles. The number of hydrogen-bond donors (Lipinski definition) is 1. The Morgan fingerprint density at radius 2 is 1.39 bits per heavy atom. The van der Waals surface area contributed by atoms with Crippen LogP contribution in [0.3, 0.4) is 0 Å². The first-order valence-electron chi connectivity index (χ1n) is 9.02. The van der Waals surface area contributed by atoms with Crippen LogP contribution in [-0.2, 0) is 31.3 Å². The third-order valence-electron chi connectivity index (χ3n) is 4.20. The normalized spacial score (nSPS) is 9.33. The van der Waals surface area contributed by atoms with Crippen LogP contribution >= 0.6 is 0 Å². The fraction of sp³-hybridized carbons (Fsp3) is 0.120. The maximum Gasteiger partial charge on any atom is 0 e.